The summed E-state index contributed by atoms with van der Waals surface area (Å²) in [5, 5.41) is 2.67. The Morgan fingerprint density at radius 3 is 2.14 bits per heavy atom. The molecule has 0 heterocycles. The molecule has 0 radical (unpaired) electrons. The van der Waals surface area contributed by atoms with Crippen LogP contribution in [-0.4, -0.2) is 14.3 Å². The summed E-state index contributed by atoms with van der Waals surface area (Å²) in [6.07, 6.45) is 0.371. The molecule has 0 saturated heterocycles. The maximum atomic E-state index is 12.2. The number of hydrogen-bond acceptors (Lipinski definition) is 3. The molecule has 0 aromatic heterocycles. The number of carbonyl (C=O) groups is 1. The van der Waals surface area contributed by atoms with Crippen molar-refractivity contribution < 1.29 is 13.2 Å². The molecule has 21 heavy (non-hydrogen) atoms. The summed E-state index contributed by atoms with van der Waals surface area (Å²) in [6, 6.07) is 14.7. The average Bonchev–Trinajstić information content (AvgIpc) is 2.48. The van der Waals surface area contributed by atoms with Crippen LogP contribution >= 0.6 is 0 Å². The quantitative estimate of drug-likeness (QED) is 0.892. The maximum absolute atomic E-state index is 12.2. The molecule has 0 aliphatic carbocycles. The van der Waals surface area contributed by atoms with Gasteiger partial charge in [-0.1, -0.05) is 25.1 Å². The number of rotatable bonds is 5. The first-order valence-corrected chi connectivity index (χ1v) is 7.97. The third kappa shape index (κ3) is 4.06. The zero-order chi connectivity index (χ0) is 15.3. The first kappa shape index (κ1) is 15.1. The van der Waals surface area contributed by atoms with Crippen LogP contribution < -0.4 is 10.0 Å². The Morgan fingerprint density at radius 2 is 1.57 bits per heavy atom. The van der Waals surface area contributed by atoms with Crippen molar-refractivity contribution in [2.45, 2.75) is 18.2 Å². The summed E-state index contributed by atoms with van der Waals surface area (Å²) in [5.41, 5.74) is 1.07. The van der Waals surface area contributed by atoms with Crippen molar-refractivity contribution >= 4 is 27.3 Å². The van der Waals surface area contributed by atoms with E-state index in [0.29, 0.717) is 17.8 Å². The van der Waals surface area contributed by atoms with Gasteiger partial charge in [0.15, 0.2) is 0 Å². The van der Waals surface area contributed by atoms with Crippen LogP contribution in [0.4, 0.5) is 11.4 Å². The van der Waals surface area contributed by atoms with Gasteiger partial charge < -0.3 is 5.32 Å². The molecule has 2 N–H and O–H groups in total. The number of anilines is 2. The maximum Gasteiger partial charge on any atom is 0.261 e. The zero-order valence-electron chi connectivity index (χ0n) is 11.5. The van der Waals surface area contributed by atoms with Gasteiger partial charge in [-0.2, -0.15) is 0 Å². The fraction of sp³-hybridized carbons (Fsp3) is 0.133. The first-order valence-electron chi connectivity index (χ1n) is 6.49. The number of hydrogen-bond donors (Lipinski definition) is 2. The molecule has 0 spiro atoms. The van der Waals surface area contributed by atoms with Gasteiger partial charge in [0.05, 0.1) is 4.90 Å². The summed E-state index contributed by atoms with van der Waals surface area (Å²) in [6.45, 7) is 1.75. The Balaban J connectivity index is 2.15. The standard InChI is InChI=1S/C15H16N2O3S/c1-2-15(18)16-12-8-10-14(11-9-12)21(19,20)17-13-6-4-3-5-7-13/h3-11,17H,2H2,1H3,(H,16,18). The number of nitrogens with one attached hydrogen (secondary N) is 2. The molecule has 2 aromatic rings. The topological polar surface area (TPSA) is 75.3 Å². The number of amides is 1. The van der Waals surface area contributed by atoms with Crippen LogP contribution in [0.1, 0.15) is 13.3 Å². The van der Waals surface area contributed by atoms with Crippen molar-refractivity contribution in [3.63, 3.8) is 0 Å². The second-order valence-corrected chi connectivity index (χ2v) is 6.08. The Hall–Kier alpha value is -2.34. The molecule has 1 amide bonds. The molecule has 0 fully saturated rings. The molecule has 110 valence electrons. The van der Waals surface area contributed by atoms with Crippen molar-refractivity contribution in [2.75, 3.05) is 10.0 Å². The van der Waals surface area contributed by atoms with Gasteiger partial charge in [-0.25, -0.2) is 8.42 Å². The minimum Gasteiger partial charge on any atom is -0.326 e. The van der Waals surface area contributed by atoms with Gasteiger partial charge in [0, 0.05) is 17.8 Å². The van der Waals surface area contributed by atoms with Gasteiger partial charge in [0.2, 0.25) is 5.91 Å². The van der Waals surface area contributed by atoms with E-state index in [1.807, 2.05) is 6.07 Å². The van der Waals surface area contributed by atoms with E-state index in [9.17, 15) is 13.2 Å². The lowest BCUT2D eigenvalue weighted by atomic mass is 10.3. The second kappa shape index (κ2) is 6.41. The van der Waals surface area contributed by atoms with Gasteiger partial charge in [-0.15, -0.1) is 0 Å². The van der Waals surface area contributed by atoms with Crippen molar-refractivity contribution in [2.24, 2.45) is 0 Å². The van der Waals surface area contributed by atoms with E-state index in [2.05, 4.69) is 10.0 Å². The molecule has 0 unspecified atom stereocenters. The van der Waals surface area contributed by atoms with Crippen molar-refractivity contribution in [3.8, 4) is 0 Å². The van der Waals surface area contributed by atoms with Crippen LogP contribution in [0.25, 0.3) is 0 Å². The molecule has 6 heteroatoms. The van der Waals surface area contributed by atoms with Crippen molar-refractivity contribution in [1.82, 2.24) is 0 Å². The highest BCUT2D eigenvalue weighted by Crippen LogP contribution is 2.18. The van der Waals surface area contributed by atoms with Crippen LogP contribution in [0.5, 0.6) is 0 Å². The van der Waals surface area contributed by atoms with E-state index in [0.717, 1.165) is 0 Å². The normalized spacial score (nSPS) is 10.9. The van der Waals surface area contributed by atoms with Crippen LogP contribution in [0.3, 0.4) is 0 Å². The smallest absolute Gasteiger partial charge is 0.261 e. The SMILES string of the molecule is CCC(=O)Nc1ccc(S(=O)(=O)Nc2ccccc2)cc1. The summed E-state index contributed by atoms with van der Waals surface area (Å²) >= 11 is 0. The average molecular weight is 304 g/mol. The lowest BCUT2D eigenvalue weighted by Crippen LogP contribution is -2.13. The fourth-order valence-electron chi connectivity index (χ4n) is 1.69. The number of sulfonamides is 1. The molecule has 2 rings (SSSR count). The molecule has 0 aliphatic rings. The van der Waals surface area contributed by atoms with Crippen LogP contribution in [0, 0.1) is 0 Å². The number of carbonyl (C=O) groups excluding carboxylic acids is 1. The third-order valence-corrected chi connectivity index (χ3v) is 4.19. The molecule has 0 atom stereocenters. The molecule has 5 nitrogen and oxygen atoms in total. The van der Waals surface area contributed by atoms with Crippen molar-refractivity contribution in [1.29, 1.82) is 0 Å². The van der Waals surface area contributed by atoms with Gasteiger partial charge in [-0.05, 0) is 36.4 Å². The molecule has 0 aliphatic heterocycles. The van der Waals surface area contributed by atoms with Crippen LogP contribution in [-0.2, 0) is 14.8 Å². The van der Waals surface area contributed by atoms with Gasteiger partial charge in [0.1, 0.15) is 0 Å². The number of para-hydroxylation sites is 1. The Bertz CT molecular complexity index is 710. The monoisotopic (exact) mass is 304 g/mol. The summed E-state index contributed by atoms with van der Waals surface area (Å²) < 4.78 is 26.9. The summed E-state index contributed by atoms with van der Waals surface area (Å²) in [7, 11) is -3.63. The Morgan fingerprint density at radius 1 is 0.952 bits per heavy atom. The highest BCUT2D eigenvalue weighted by Gasteiger charge is 2.13. The van der Waals surface area contributed by atoms with Gasteiger partial charge >= 0.3 is 0 Å². The lowest BCUT2D eigenvalue weighted by Gasteiger charge is -2.09. The lowest BCUT2D eigenvalue weighted by molar-refractivity contribution is -0.115. The second-order valence-electron chi connectivity index (χ2n) is 4.40. The highest BCUT2D eigenvalue weighted by molar-refractivity contribution is 7.92. The largest absolute Gasteiger partial charge is 0.326 e. The Labute approximate surface area is 124 Å². The summed E-state index contributed by atoms with van der Waals surface area (Å²) in [5.74, 6) is -0.118. The van der Waals surface area contributed by atoms with E-state index in [-0.39, 0.29) is 10.8 Å². The molecule has 0 saturated carbocycles. The Kier molecular flexibility index (Phi) is 4.59. The first-order chi connectivity index (χ1) is 10.0. The highest BCUT2D eigenvalue weighted by atomic mass is 32.2. The van der Waals surface area contributed by atoms with E-state index in [1.54, 1.807) is 43.3 Å². The fourth-order valence-corrected chi connectivity index (χ4v) is 2.75. The van der Waals surface area contributed by atoms with E-state index < -0.39 is 10.0 Å². The van der Waals surface area contributed by atoms with Crippen molar-refractivity contribution in [3.05, 3.63) is 54.6 Å². The zero-order valence-corrected chi connectivity index (χ0v) is 12.4. The molecule has 0 bridgehead atoms. The van der Waals surface area contributed by atoms with Crippen LogP contribution in [0.2, 0.25) is 0 Å². The molecular weight excluding hydrogens is 288 g/mol. The van der Waals surface area contributed by atoms with E-state index in [4.69, 9.17) is 0 Å². The predicted molar refractivity (Wildman–Crippen MR) is 82.6 cm³/mol. The predicted octanol–water partition coefficient (Wildman–Crippen LogP) is 2.84. The van der Waals surface area contributed by atoms with Gasteiger partial charge in [-0.3, -0.25) is 9.52 Å². The number of benzene rings is 2. The van der Waals surface area contributed by atoms with E-state index in [1.165, 1.54) is 12.1 Å². The molecule has 2 aromatic carbocycles. The third-order valence-electron chi connectivity index (χ3n) is 2.80. The minimum absolute atomic E-state index is 0.118. The van der Waals surface area contributed by atoms with Crippen LogP contribution in [0.15, 0.2) is 59.5 Å². The molecular formula is C15H16N2O3S. The minimum atomic E-state index is -3.63. The van der Waals surface area contributed by atoms with E-state index >= 15 is 0 Å². The van der Waals surface area contributed by atoms with Gasteiger partial charge in [0.25, 0.3) is 10.0 Å². The summed E-state index contributed by atoms with van der Waals surface area (Å²) in [4.78, 5) is 11.4.